The molecule has 0 aromatic carbocycles. The van der Waals surface area contributed by atoms with Gasteiger partial charge in [0.1, 0.15) is 12.2 Å². The third kappa shape index (κ3) is 11.3. The zero-order valence-corrected chi connectivity index (χ0v) is 38.2. The molecule has 12 atom stereocenters. The van der Waals surface area contributed by atoms with Gasteiger partial charge in [-0.1, -0.05) is 54.9 Å². The monoisotopic (exact) mass is 754 g/mol. The molecule has 0 heterocycles. The molecule has 47 heavy (non-hydrogen) atoms. The fraction of sp³-hybridized carbons (Fsp3) is 1.00. The van der Waals surface area contributed by atoms with Gasteiger partial charge < -0.3 is 13.7 Å². The molecule has 0 aromatic heterocycles. The topological polar surface area (TPSA) is 199 Å². The van der Waals surface area contributed by atoms with Gasteiger partial charge in [0.25, 0.3) is 0 Å². The van der Waals surface area contributed by atoms with E-state index in [1.807, 2.05) is 6.92 Å². The van der Waals surface area contributed by atoms with E-state index in [1.165, 1.54) is 0 Å². The Kier molecular flexibility index (Phi) is 17.2. The van der Waals surface area contributed by atoms with Crippen LogP contribution in [-0.2, 0) is 43.7 Å². The number of hydrogen-bond donors (Lipinski definition) is 0. The first-order valence-corrected chi connectivity index (χ1v) is 19.8. The third-order valence-electron chi connectivity index (χ3n) is 12.6. The van der Waals surface area contributed by atoms with Crippen LogP contribution in [0, 0.1) is 57.7 Å². The maximum Gasteiger partial charge on any atom is 1.00 e. The van der Waals surface area contributed by atoms with E-state index in [1.54, 1.807) is 0 Å². The zero-order valence-electron chi connectivity index (χ0n) is 29.8. The van der Waals surface area contributed by atoms with Crippen molar-refractivity contribution in [1.29, 1.82) is 0 Å². The first-order valence-electron chi connectivity index (χ1n) is 15.8. The second-order valence-corrected chi connectivity index (χ2v) is 18.9. The Bertz CT molecular complexity index is 1390. The predicted molar refractivity (Wildman–Crippen MR) is 157 cm³/mol. The predicted octanol–water partition coefficient (Wildman–Crippen LogP) is -4.49. The number of fused-ring (bicyclic) bond motifs is 5. The Morgan fingerprint density at radius 1 is 0.681 bits per heavy atom. The quantitative estimate of drug-likeness (QED) is 0.118. The molecule has 258 valence electrons. The summed E-state index contributed by atoms with van der Waals surface area (Å²) in [6.07, 6.45) is 1.15. The van der Waals surface area contributed by atoms with Crippen LogP contribution in [0.2, 0.25) is 0 Å². The molecular formula is C29H49Na3O12S3. The van der Waals surface area contributed by atoms with Crippen molar-refractivity contribution in [3.05, 3.63) is 0 Å². The molecule has 0 aromatic rings. The summed E-state index contributed by atoms with van der Waals surface area (Å²) in [6.45, 7) is 15.6. The van der Waals surface area contributed by atoms with E-state index in [0.29, 0.717) is 17.8 Å². The molecule has 0 aliphatic heterocycles. The van der Waals surface area contributed by atoms with Crippen LogP contribution in [0.4, 0.5) is 0 Å². The Labute approximate surface area is 349 Å². The first kappa shape index (κ1) is 47.6. The molecule has 0 saturated heterocycles. The Hall–Kier alpha value is 2.61. The normalized spacial score (nSPS) is 38.7. The van der Waals surface area contributed by atoms with Crippen molar-refractivity contribution >= 4 is 31.2 Å². The van der Waals surface area contributed by atoms with Crippen molar-refractivity contribution < 1.29 is 140 Å². The molecule has 4 rings (SSSR count). The summed E-state index contributed by atoms with van der Waals surface area (Å²) in [5, 5.41) is 0. The fourth-order valence-electron chi connectivity index (χ4n) is 10.1. The van der Waals surface area contributed by atoms with E-state index in [9.17, 15) is 38.9 Å². The van der Waals surface area contributed by atoms with Gasteiger partial charge in [0.15, 0.2) is 0 Å². The SMILES string of the molecule is CC(CC[C@@H](C)[C@H]1CCC2C3C[C@H](OS(=O)(=O)[O-])[C@H]4C[C@H](OS(=O)(=O)[O-])[C@@H](OS(=O)(=O)[O-])C[C@]4(C)C3CC[C@@]21C)C(C)(C)C.[Na+].[Na+].[Na+]. The summed E-state index contributed by atoms with van der Waals surface area (Å²) in [5.41, 5.74) is -0.700. The summed E-state index contributed by atoms with van der Waals surface area (Å²) in [5.74, 6) is 0.809. The molecule has 12 nitrogen and oxygen atoms in total. The van der Waals surface area contributed by atoms with Crippen LogP contribution in [0.25, 0.3) is 0 Å². The molecular weight excluding hydrogens is 705 g/mol. The smallest absolute Gasteiger partial charge is 0.726 e. The van der Waals surface area contributed by atoms with Crippen LogP contribution in [0.3, 0.4) is 0 Å². The van der Waals surface area contributed by atoms with Crippen molar-refractivity contribution in [1.82, 2.24) is 0 Å². The van der Waals surface area contributed by atoms with E-state index < -0.39 is 60.8 Å². The molecule has 0 amide bonds. The van der Waals surface area contributed by atoms with Gasteiger partial charge in [-0.25, -0.2) is 25.3 Å². The fourth-order valence-corrected chi connectivity index (χ4v) is 11.7. The van der Waals surface area contributed by atoms with Gasteiger partial charge in [-0.3, -0.25) is 12.5 Å². The zero-order chi connectivity index (χ0) is 33.3. The second kappa shape index (κ2) is 17.0. The average Bonchev–Trinajstić information content (AvgIpc) is 3.17. The van der Waals surface area contributed by atoms with Crippen molar-refractivity contribution in [2.75, 3.05) is 0 Å². The van der Waals surface area contributed by atoms with Gasteiger partial charge in [-0.2, -0.15) is 0 Å². The van der Waals surface area contributed by atoms with Crippen LogP contribution >= 0.6 is 0 Å². The molecule has 0 bridgehead atoms. The number of rotatable bonds is 10. The minimum absolute atomic E-state index is 0. The van der Waals surface area contributed by atoms with E-state index in [2.05, 4.69) is 45.7 Å². The Morgan fingerprint density at radius 2 is 1.17 bits per heavy atom. The second-order valence-electron chi connectivity index (χ2n) is 15.8. The standard InChI is InChI=1S/C29H52O12S3.3Na/c1-17(8-9-18(2)27(3,4)5)20-10-11-21-19-14-24(39-42(30,31)32)23-15-25(40-43(33,34)35)26(41-44(36,37)38)16-29(23,7)22(19)12-13-28(20,21)6;;;/h17-26H,8-16H2,1-7H3,(H,30,31,32)(H,33,34,35)(H,36,37,38);;;/q;3*+1/p-3/t17-,18?,19?,20-,21?,22?,23-,24+,25+,26+,28-,29-;;;/m1.../s1. The van der Waals surface area contributed by atoms with Crippen LogP contribution in [0.5, 0.6) is 0 Å². The molecule has 4 aliphatic carbocycles. The van der Waals surface area contributed by atoms with Crippen LogP contribution < -0.4 is 88.7 Å². The summed E-state index contributed by atoms with van der Waals surface area (Å²) in [4.78, 5) is 0. The van der Waals surface area contributed by atoms with Gasteiger partial charge in [0.05, 0.1) is 6.10 Å². The molecule has 4 saturated carbocycles. The molecule has 4 aliphatic rings. The minimum Gasteiger partial charge on any atom is -0.726 e. The first-order chi connectivity index (χ1) is 19.8. The maximum absolute atomic E-state index is 11.9. The van der Waals surface area contributed by atoms with E-state index in [4.69, 9.17) is 8.37 Å². The van der Waals surface area contributed by atoms with Gasteiger partial charge >= 0.3 is 88.7 Å². The van der Waals surface area contributed by atoms with Gasteiger partial charge in [-0.05, 0) is 109 Å². The molecule has 4 unspecified atom stereocenters. The van der Waals surface area contributed by atoms with Gasteiger partial charge in [0, 0.05) is 0 Å². The Balaban J connectivity index is 0.00000368. The van der Waals surface area contributed by atoms with Crippen LogP contribution in [0.15, 0.2) is 0 Å². The Morgan fingerprint density at radius 3 is 1.68 bits per heavy atom. The maximum atomic E-state index is 11.9. The average molecular weight is 755 g/mol. The van der Waals surface area contributed by atoms with Crippen LogP contribution in [0.1, 0.15) is 106 Å². The molecule has 0 radical (unpaired) electrons. The van der Waals surface area contributed by atoms with E-state index >= 15 is 0 Å². The molecule has 0 spiro atoms. The molecule has 18 heteroatoms. The molecule has 4 fully saturated rings. The van der Waals surface area contributed by atoms with Crippen molar-refractivity contribution in [3.63, 3.8) is 0 Å². The third-order valence-corrected chi connectivity index (χ3v) is 14.1. The van der Waals surface area contributed by atoms with Crippen molar-refractivity contribution in [2.24, 2.45) is 57.7 Å². The largest absolute Gasteiger partial charge is 1.00 e. The summed E-state index contributed by atoms with van der Waals surface area (Å²) in [7, 11) is -15.8. The van der Waals surface area contributed by atoms with Crippen LogP contribution in [-0.4, -0.2) is 57.2 Å². The van der Waals surface area contributed by atoms with E-state index in [-0.39, 0.29) is 137 Å². The van der Waals surface area contributed by atoms with Crippen molar-refractivity contribution in [2.45, 2.75) is 125 Å². The summed E-state index contributed by atoms with van der Waals surface area (Å²) < 4.78 is 120. The van der Waals surface area contributed by atoms with E-state index in [0.717, 1.165) is 38.5 Å². The summed E-state index contributed by atoms with van der Waals surface area (Å²) in [6, 6.07) is 0. The summed E-state index contributed by atoms with van der Waals surface area (Å²) >= 11 is 0. The number of hydrogen-bond acceptors (Lipinski definition) is 12. The van der Waals surface area contributed by atoms with Gasteiger partial charge in [0.2, 0.25) is 31.2 Å². The van der Waals surface area contributed by atoms with Gasteiger partial charge in [-0.15, -0.1) is 0 Å². The molecule has 0 N–H and O–H groups in total. The minimum atomic E-state index is -5.35. The van der Waals surface area contributed by atoms with Crippen molar-refractivity contribution in [3.8, 4) is 0 Å².